The van der Waals surface area contributed by atoms with Crippen LogP contribution in [0.15, 0.2) is 22.6 Å². The van der Waals surface area contributed by atoms with Crippen LogP contribution in [-0.4, -0.2) is 47.2 Å². The lowest BCUT2D eigenvalue weighted by molar-refractivity contribution is -0.160. The molecule has 0 spiro atoms. The van der Waals surface area contributed by atoms with Crippen LogP contribution >= 0.6 is 11.6 Å². The van der Waals surface area contributed by atoms with Gasteiger partial charge in [0.2, 0.25) is 0 Å². The molecule has 1 fully saturated rings. The third-order valence-corrected chi connectivity index (χ3v) is 4.23. The number of furan rings is 1. The first-order chi connectivity index (χ1) is 10.9. The number of morpholine rings is 1. The Hall–Kier alpha value is -2.05. The van der Waals surface area contributed by atoms with Crippen molar-refractivity contribution in [3.63, 3.8) is 0 Å². The topological polar surface area (TPSA) is 80.0 Å². The highest BCUT2D eigenvalue weighted by Crippen LogP contribution is 2.31. The Morgan fingerprint density at radius 1 is 1.35 bits per heavy atom. The summed E-state index contributed by atoms with van der Waals surface area (Å²) in [6.45, 7) is 3.82. The number of hydrogen-bond acceptors (Lipinski definition) is 4. The van der Waals surface area contributed by atoms with Gasteiger partial charge >= 0.3 is 5.97 Å². The van der Waals surface area contributed by atoms with Gasteiger partial charge in [0.1, 0.15) is 0 Å². The van der Waals surface area contributed by atoms with E-state index in [-0.39, 0.29) is 24.3 Å². The van der Waals surface area contributed by atoms with Gasteiger partial charge in [-0.3, -0.25) is 4.79 Å². The summed E-state index contributed by atoms with van der Waals surface area (Å²) in [4.78, 5) is 25.4. The van der Waals surface area contributed by atoms with Crippen molar-refractivity contribution >= 4 is 34.4 Å². The molecule has 0 aliphatic carbocycles. The number of aliphatic carboxylic acids is 1. The number of benzene rings is 1. The van der Waals surface area contributed by atoms with Gasteiger partial charge in [0.15, 0.2) is 17.4 Å². The fourth-order valence-electron chi connectivity index (χ4n) is 2.81. The van der Waals surface area contributed by atoms with Crippen molar-refractivity contribution in [3.05, 3.63) is 34.5 Å². The molecule has 1 unspecified atom stereocenters. The van der Waals surface area contributed by atoms with Crippen LogP contribution in [0.5, 0.6) is 0 Å². The molecular formula is C16H16ClNO5. The maximum Gasteiger partial charge on any atom is 0.334 e. The minimum atomic E-state index is -1.08. The number of halogens is 1. The minimum absolute atomic E-state index is 0.0112. The van der Waals surface area contributed by atoms with Gasteiger partial charge in [0, 0.05) is 17.5 Å². The number of para-hydroxylation sites is 1. The van der Waals surface area contributed by atoms with Gasteiger partial charge in [-0.25, -0.2) is 4.79 Å². The highest BCUT2D eigenvalue weighted by atomic mass is 35.5. The van der Waals surface area contributed by atoms with Gasteiger partial charge in [-0.1, -0.05) is 23.7 Å². The molecule has 23 heavy (non-hydrogen) atoms. The quantitative estimate of drug-likeness (QED) is 0.911. The Bertz CT molecular complexity index is 784. The number of hydrogen-bond donors (Lipinski definition) is 1. The summed E-state index contributed by atoms with van der Waals surface area (Å²) in [5.74, 6) is -1.25. The first-order valence-corrected chi connectivity index (χ1v) is 7.61. The third-order valence-electron chi connectivity index (χ3n) is 3.93. The van der Waals surface area contributed by atoms with Crippen molar-refractivity contribution in [1.29, 1.82) is 0 Å². The fourth-order valence-corrected chi connectivity index (χ4v) is 3.02. The number of aryl methyl sites for hydroxylation is 1. The molecule has 0 radical (unpaired) electrons. The molecule has 6 nitrogen and oxygen atoms in total. The normalized spacial score (nSPS) is 21.6. The fraction of sp³-hybridized carbons (Fsp3) is 0.375. The zero-order chi connectivity index (χ0) is 16.7. The molecule has 1 N–H and O–H groups in total. The van der Waals surface area contributed by atoms with E-state index < -0.39 is 12.1 Å². The predicted octanol–water partition coefficient (Wildman–Crippen LogP) is 2.71. The number of carbonyl (C=O) groups excluding carboxylic acids is 1. The molecule has 2 aromatic rings. The second-order valence-corrected chi connectivity index (χ2v) is 6.06. The van der Waals surface area contributed by atoms with Crippen LogP contribution in [-0.2, 0) is 9.53 Å². The highest BCUT2D eigenvalue weighted by Gasteiger charge is 2.35. The highest BCUT2D eigenvalue weighted by molar-refractivity contribution is 6.35. The molecule has 1 saturated heterocycles. The number of carboxylic acid groups (broad SMARTS) is 1. The molecule has 7 heteroatoms. The molecule has 1 amide bonds. The molecule has 1 aromatic heterocycles. The lowest BCUT2D eigenvalue weighted by Gasteiger charge is -2.34. The molecule has 3 rings (SSSR count). The number of carboxylic acids is 1. The maximum atomic E-state index is 12.8. The number of amides is 1. The van der Waals surface area contributed by atoms with E-state index in [0.717, 1.165) is 5.39 Å². The Morgan fingerprint density at radius 2 is 2.09 bits per heavy atom. The first kappa shape index (κ1) is 15.8. The third kappa shape index (κ3) is 2.80. The molecule has 0 bridgehead atoms. The lowest BCUT2D eigenvalue weighted by atomic mass is 10.1. The molecule has 122 valence electrons. The van der Waals surface area contributed by atoms with E-state index in [1.807, 2.05) is 6.07 Å². The van der Waals surface area contributed by atoms with Crippen molar-refractivity contribution in [2.24, 2.45) is 0 Å². The van der Waals surface area contributed by atoms with Gasteiger partial charge in [0.25, 0.3) is 5.91 Å². The van der Waals surface area contributed by atoms with E-state index in [2.05, 4.69) is 0 Å². The van der Waals surface area contributed by atoms with Crippen molar-refractivity contribution in [1.82, 2.24) is 4.90 Å². The van der Waals surface area contributed by atoms with Crippen LogP contribution in [0.4, 0.5) is 0 Å². The zero-order valence-electron chi connectivity index (χ0n) is 12.7. The summed E-state index contributed by atoms with van der Waals surface area (Å²) >= 11 is 6.10. The molecule has 2 heterocycles. The van der Waals surface area contributed by atoms with Crippen LogP contribution in [0.2, 0.25) is 5.02 Å². The Labute approximate surface area is 137 Å². The smallest absolute Gasteiger partial charge is 0.334 e. The maximum absolute atomic E-state index is 12.8. The Balaban J connectivity index is 1.95. The van der Waals surface area contributed by atoms with Crippen molar-refractivity contribution in [2.75, 3.05) is 13.1 Å². The molecule has 2 atom stereocenters. The number of nitrogens with zero attached hydrogens (tertiary/aromatic N) is 1. The number of carbonyl (C=O) groups is 2. The van der Waals surface area contributed by atoms with Gasteiger partial charge in [-0.2, -0.15) is 0 Å². The summed E-state index contributed by atoms with van der Waals surface area (Å²) in [6.07, 6.45) is -1.39. The van der Waals surface area contributed by atoms with E-state index in [0.29, 0.717) is 22.7 Å². The molecular weight excluding hydrogens is 322 g/mol. The molecule has 1 aliphatic heterocycles. The van der Waals surface area contributed by atoms with E-state index in [1.165, 1.54) is 4.90 Å². The van der Waals surface area contributed by atoms with Crippen molar-refractivity contribution in [3.8, 4) is 0 Å². The monoisotopic (exact) mass is 337 g/mol. The number of rotatable bonds is 2. The van der Waals surface area contributed by atoms with Crippen LogP contribution in [0.25, 0.3) is 11.0 Å². The summed E-state index contributed by atoms with van der Waals surface area (Å²) < 4.78 is 11.0. The summed E-state index contributed by atoms with van der Waals surface area (Å²) in [5, 5.41) is 10.3. The summed E-state index contributed by atoms with van der Waals surface area (Å²) in [5.41, 5.74) is 1.16. The Kier molecular flexibility index (Phi) is 4.04. The second-order valence-electron chi connectivity index (χ2n) is 5.66. The van der Waals surface area contributed by atoms with Crippen molar-refractivity contribution in [2.45, 2.75) is 26.1 Å². The van der Waals surface area contributed by atoms with Gasteiger partial charge in [0.05, 0.1) is 17.7 Å². The Morgan fingerprint density at radius 3 is 2.74 bits per heavy atom. The van der Waals surface area contributed by atoms with Crippen molar-refractivity contribution < 1.29 is 23.8 Å². The standard InChI is InChI=1S/C16H16ClNO5/c1-8-6-18(7-12(22-8)16(20)21)15(19)13-9(2)10-4-3-5-11(17)14(10)23-13/h3-5,8,12H,6-7H2,1-2H3,(H,20,21)/t8-,12?/m1/s1. The van der Waals surface area contributed by atoms with Crippen LogP contribution < -0.4 is 0 Å². The summed E-state index contributed by atoms with van der Waals surface area (Å²) in [7, 11) is 0. The van der Waals surface area contributed by atoms with Gasteiger partial charge in [-0.15, -0.1) is 0 Å². The van der Waals surface area contributed by atoms with Gasteiger partial charge in [-0.05, 0) is 19.9 Å². The molecule has 1 aliphatic rings. The molecule has 0 saturated carbocycles. The van der Waals surface area contributed by atoms with Crippen LogP contribution in [0, 0.1) is 6.92 Å². The number of ether oxygens (including phenoxy) is 1. The van der Waals surface area contributed by atoms with Crippen LogP contribution in [0.1, 0.15) is 23.0 Å². The molecule has 1 aromatic carbocycles. The number of fused-ring (bicyclic) bond motifs is 1. The minimum Gasteiger partial charge on any atom is -0.479 e. The van der Waals surface area contributed by atoms with E-state index >= 15 is 0 Å². The second kappa shape index (κ2) is 5.86. The lowest BCUT2D eigenvalue weighted by Crippen LogP contribution is -2.51. The average Bonchev–Trinajstić information content (AvgIpc) is 2.85. The SMILES string of the molecule is Cc1c(C(=O)N2CC(C(=O)O)O[C@H](C)C2)oc2c(Cl)cccc12. The van der Waals surface area contributed by atoms with E-state index in [1.54, 1.807) is 26.0 Å². The van der Waals surface area contributed by atoms with E-state index in [4.69, 9.17) is 25.9 Å². The predicted molar refractivity (Wildman–Crippen MR) is 83.8 cm³/mol. The zero-order valence-corrected chi connectivity index (χ0v) is 13.5. The largest absolute Gasteiger partial charge is 0.479 e. The average molecular weight is 338 g/mol. The summed E-state index contributed by atoms with van der Waals surface area (Å²) in [6, 6.07) is 5.32. The van der Waals surface area contributed by atoms with E-state index in [9.17, 15) is 9.59 Å². The first-order valence-electron chi connectivity index (χ1n) is 7.23. The van der Waals surface area contributed by atoms with Gasteiger partial charge < -0.3 is 19.2 Å². The van der Waals surface area contributed by atoms with Crippen LogP contribution in [0.3, 0.4) is 0 Å².